The number of anilines is 1. The first kappa shape index (κ1) is 20.8. The third kappa shape index (κ3) is 3.51. The molecule has 8 nitrogen and oxygen atoms in total. The second kappa shape index (κ2) is 7.52. The molecule has 2 aliphatic heterocycles. The van der Waals surface area contributed by atoms with Crippen molar-refractivity contribution in [2.24, 2.45) is 0 Å². The number of carbonyl (C=O) groups excluding carboxylic acids is 1. The average molecular weight is 462 g/mol. The molecule has 0 spiro atoms. The van der Waals surface area contributed by atoms with Crippen LogP contribution in [0.25, 0.3) is 22.1 Å². The number of piperidine rings is 1. The van der Waals surface area contributed by atoms with Gasteiger partial charge in [-0.3, -0.25) is 4.90 Å². The van der Waals surface area contributed by atoms with Gasteiger partial charge in [0.2, 0.25) is 10.0 Å². The van der Waals surface area contributed by atoms with Crippen molar-refractivity contribution in [3.05, 3.63) is 48.0 Å². The summed E-state index contributed by atoms with van der Waals surface area (Å²) in [7, 11) is -3.40. The summed E-state index contributed by atoms with van der Waals surface area (Å²) in [5.41, 5.74) is 0.322. The molecule has 32 heavy (non-hydrogen) atoms. The summed E-state index contributed by atoms with van der Waals surface area (Å²) in [5.74, 6) is -1.28. The van der Waals surface area contributed by atoms with Crippen LogP contribution in [0.4, 0.5) is 19.4 Å². The lowest BCUT2D eigenvalue weighted by Gasteiger charge is -2.33. The molecule has 0 radical (unpaired) electrons. The topological polar surface area (TPSA) is 95.7 Å². The number of sulfonamides is 1. The Balaban J connectivity index is 1.54. The number of hydrogen-bond acceptors (Lipinski definition) is 5. The zero-order valence-electron chi connectivity index (χ0n) is 17.1. The largest absolute Gasteiger partial charge is 0.354 e. The first-order chi connectivity index (χ1) is 15.2. The van der Waals surface area contributed by atoms with Gasteiger partial charge in [0.15, 0.2) is 11.4 Å². The van der Waals surface area contributed by atoms with Crippen LogP contribution in [0, 0.1) is 11.6 Å². The maximum Gasteiger partial charge on any atom is 0.326 e. The minimum Gasteiger partial charge on any atom is -0.354 e. The van der Waals surface area contributed by atoms with Crippen LogP contribution < -0.4 is 9.62 Å². The highest BCUT2D eigenvalue weighted by Crippen LogP contribution is 2.40. The molecule has 0 bridgehead atoms. The van der Waals surface area contributed by atoms with Gasteiger partial charge in [-0.15, -0.1) is 0 Å². The highest BCUT2D eigenvalue weighted by atomic mass is 32.2. The Bertz CT molecular complexity index is 1310. The van der Waals surface area contributed by atoms with Gasteiger partial charge in [-0.05, 0) is 31.0 Å². The molecule has 2 amide bonds. The smallest absolute Gasteiger partial charge is 0.326 e. The third-order valence-corrected chi connectivity index (χ3v) is 6.69. The predicted octanol–water partition coefficient (Wildman–Crippen LogP) is 3.10. The molecule has 11 heteroatoms. The van der Waals surface area contributed by atoms with Gasteiger partial charge >= 0.3 is 6.03 Å². The highest BCUT2D eigenvalue weighted by molar-refractivity contribution is 7.88. The van der Waals surface area contributed by atoms with Crippen LogP contribution in [0.2, 0.25) is 0 Å². The van der Waals surface area contributed by atoms with Crippen LogP contribution in [0.5, 0.6) is 0 Å². The molecular weight excluding hydrogens is 442 g/mol. The maximum atomic E-state index is 14.5. The molecular formula is C21H20F2N4O4S. The Labute approximate surface area is 182 Å². The van der Waals surface area contributed by atoms with E-state index in [-0.39, 0.29) is 41.6 Å². The van der Waals surface area contributed by atoms with E-state index in [9.17, 15) is 22.0 Å². The lowest BCUT2D eigenvalue weighted by Crippen LogP contribution is -2.51. The van der Waals surface area contributed by atoms with Gasteiger partial charge in [0, 0.05) is 24.7 Å². The van der Waals surface area contributed by atoms with Crippen LogP contribution in [0.15, 0.2) is 40.9 Å². The molecule has 168 valence electrons. The Hall–Kier alpha value is -3.05. The fourth-order valence-corrected chi connectivity index (χ4v) is 5.39. The Kier molecular flexibility index (Phi) is 4.90. The Morgan fingerprint density at radius 1 is 1.09 bits per heavy atom. The van der Waals surface area contributed by atoms with Crippen molar-refractivity contribution in [2.75, 3.05) is 24.2 Å². The number of nitrogens with one attached hydrogen (secondary N) is 1. The van der Waals surface area contributed by atoms with E-state index in [1.165, 1.54) is 23.1 Å². The first-order valence-electron chi connectivity index (χ1n) is 10.1. The van der Waals surface area contributed by atoms with Crippen LogP contribution in [-0.2, 0) is 10.0 Å². The standard InChI is InChI=1S/C21H20F2N4O4S/c1-32(29,30)25-12-8-9-13-11-27(21(28)26(13)10-12)20-19-14(4-2-7-17(19)31-24-20)18-15(22)5-3-6-16(18)23/h2-7,12-13,25H,8-11H2,1H3. The van der Waals surface area contributed by atoms with Gasteiger partial charge in [-0.1, -0.05) is 23.4 Å². The first-order valence-corrected chi connectivity index (χ1v) is 12.0. The molecule has 2 aromatic carbocycles. The van der Waals surface area contributed by atoms with E-state index in [2.05, 4.69) is 9.88 Å². The lowest BCUT2D eigenvalue weighted by molar-refractivity contribution is 0.174. The zero-order chi connectivity index (χ0) is 22.6. The van der Waals surface area contributed by atoms with Crippen molar-refractivity contribution in [1.82, 2.24) is 14.8 Å². The summed E-state index contributed by atoms with van der Waals surface area (Å²) in [6.07, 6.45) is 2.29. The summed E-state index contributed by atoms with van der Waals surface area (Å²) >= 11 is 0. The normalized spacial score (nSPS) is 21.4. The molecule has 2 unspecified atom stereocenters. The number of nitrogens with zero attached hydrogens (tertiary/aromatic N) is 3. The SMILES string of the molecule is CS(=O)(=O)NC1CCC2CN(c3noc4cccc(-c5c(F)cccc5F)c34)C(=O)N2C1. The second-order valence-corrected chi connectivity index (χ2v) is 9.93. The molecule has 2 fully saturated rings. The van der Waals surface area contributed by atoms with Gasteiger partial charge in [-0.25, -0.2) is 26.7 Å². The van der Waals surface area contributed by atoms with Crippen molar-refractivity contribution in [1.29, 1.82) is 0 Å². The van der Waals surface area contributed by atoms with Gasteiger partial charge in [0.05, 0.1) is 23.2 Å². The monoisotopic (exact) mass is 462 g/mol. The highest BCUT2D eigenvalue weighted by Gasteiger charge is 2.44. The molecule has 2 aliphatic rings. The molecule has 3 heterocycles. The van der Waals surface area contributed by atoms with E-state index in [1.807, 2.05) is 0 Å². The van der Waals surface area contributed by atoms with E-state index in [0.717, 1.165) is 6.26 Å². The van der Waals surface area contributed by atoms with Gasteiger partial charge in [0.25, 0.3) is 0 Å². The number of halogens is 2. The van der Waals surface area contributed by atoms with E-state index in [1.54, 1.807) is 23.1 Å². The Morgan fingerprint density at radius 3 is 2.53 bits per heavy atom. The molecule has 2 saturated heterocycles. The fraction of sp³-hybridized carbons (Fsp3) is 0.333. The van der Waals surface area contributed by atoms with Gasteiger partial charge in [0.1, 0.15) is 11.6 Å². The van der Waals surface area contributed by atoms with Gasteiger partial charge < -0.3 is 9.42 Å². The van der Waals surface area contributed by atoms with E-state index < -0.39 is 21.7 Å². The number of aromatic nitrogens is 1. The van der Waals surface area contributed by atoms with Crippen LogP contribution in [-0.4, -0.2) is 55.9 Å². The number of rotatable bonds is 4. The number of carbonyl (C=O) groups is 1. The van der Waals surface area contributed by atoms with Crippen LogP contribution >= 0.6 is 0 Å². The molecule has 0 aliphatic carbocycles. The minimum absolute atomic E-state index is 0.121. The summed E-state index contributed by atoms with van der Waals surface area (Å²) in [6, 6.07) is 7.56. The summed E-state index contributed by atoms with van der Waals surface area (Å²) in [5, 5.41) is 4.40. The van der Waals surface area contributed by atoms with Crippen LogP contribution in [0.1, 0.15) is 12.8 Å². The van der Waals surface area contributed by atoms with Crippen molar-refractivity contribution >= 4 is 32.8 Å². The summed E-state index contributed by atoms with van der Waals surface area (Å²) in [4.78, 5) is 16.3. The zero-order valence-corrected chi connectivity index (χ0v) is 17.9. The maximum absolute atomic E-state index is 14.5. The number of amides is 2. The average Bonchev–Trinajstić information content (AvgIpc) is 3.28. The molecule has 0 saturated carbocycles. The van der Waals surface area contributed by atoms with Gasteiger partial charge in [-0.2, -0.15) is 0 Å². The second-order valence-electron chi connectivity index (χ2n) is 8.15. The van der Waals surface area contributed by atoms with Crippen molar-refractivity contribution in [3.63, 3.8) is 0 Å². The predicted molar refractivity (Wildman–Crippen MR) is 114 cm³/mol. The molecule has 3 aromatic rings. The molecule has 5 rings (SSSR count). The number of benzene rings is 2. The summed E-state index contributed by atoms with van der Waals surface area (Å²) in [6.45, 7) is 0.553. The number of urea groups is 1. The summed E-state index contributed by atoms with van der Waals surface area (Å²) < 4.78 is 60.2. The Morgan fingerprint density at radius 2 is 1.81 bits per heavy atom. The number of fused-ring (bicyclic) bond motifs is 2. The third-order valence-electron chi connectivity index (χ3n) is 5.92. The molecule has 1 aromatic heterocycles. The quantitative estimate of drug-likeness (QED) is 0.643. The van der Waals surface area contributed by atoms with Crippen molar-refractivity contribution < 1.29 is 26.5 Å². The van der Waals surface area contributed by atoms with E-state index >= 15 is 0 Å². The van der Waals surface area contributed by atoms with E-state index in [4.69, 9.17) is 4.52 Å². The molecule has 2 atom stereocenters. The molecule has 1 N–H and O–H groups in total. The fourth-order valence-electron chi connectivity index (χ4n) is 4.59. The van der Waals surface area contributed by atoms with Crippen molar-refractivity contribution in [3.8, 4) is 11.1 Å². The lowest BCUT2D eigenvalue weighted by atomic mass is 9.99. The number of hydrogen-bond donors (Lipinski definition) is 1. The van der Waals surface area contributed by atoms with E-state index in [0.29, 0.717) is 30.4 Å². The van der Waals surface area contributed by atoms with Crippen molar-refractivity contribution in [2.45, 2.75) is 24.9 Å². The van der Waals surface area contributed by atoms with Crippen LogP contribution in [0.3, 0.4) is 0 Å². The minimum atomic E-state index is -3.40.